The number of anilines is 1. The molecule has 0 aliphatic carbocycles. The molecular formula is C11H14ClF4N5. The van der Waals surface area contributed by atoms with Crippen molar-refractivity contribution in [2.45, 2.75) is 33.0 Å². The summed E-state index contributed by atoms with van der Waals surface area (Å²) >= 11 is 0. The van der Waals surface area contributed by atoms with E-state index >= 15 is 0 Å². The maximum Gasteiger partial charge on any atom is 0.333 e. The minimum Gasteiger partial charge on any atom is -0.364 e. The third-order valence-corrected chi connectivity index (χ3v) is 2.78. The molecule has 0 aliphatic rings. The Morgan fingerprint density at radius 2 is 2.00 bits per heavy atom. The predicted octanol–water partition coefficient (Wildman–Crippen LogP) is 3.08. The highest BCUT2D eigenvalue weighted by Crippen LogP contribution is 2.14. The van der Waals surface area contributed by atoms with Crippen LogP contribution in [-0.4, -0.2) is 26.0 Å². The molecule has 5 nitrogen and oxygen atoms in total. The van der Waals surface area contributed by atoms with Gasteiger partial charge in [0.25, 0.3) is 6.43 Å². The van der Waals surface area contributed by atoms with Crippen molar-refractivity contribution >= 4 is 18.2 Å². The van der Waals surface area contributed by atoms with E-state index in [-0.39, 0.29) is 24.8 Å². The van der Waals surface area contributed by atoms with E-state index in [1.807, 2.05) is 0 Å². The van der Waals surface area contributed by atoms with Crippen molar-refractivity contribution < 1.29 is 17.6 Å². The van der Waals surface area contributed by atoms with Gasteiger partial charge >= 0.3 is 6.55 Å². The topological polar surface area (TPSA) is 47.7 Å². The molecule has 0 aliphatic heterocycles. The van der Waals surface area contributed by atoms with Gasteiger partial charge in [-0.3, -0.25) is 4.68 Å². The Labute approximate surface area is 124 Å². The molecule has 0 aromatic carbocycles. The van der Waals surface area contributed by atoms with Crippen molar-refractivity contribution in [3.05, 3.63) is 29.7 Å². The fraction of sp³-hybridized carbons (Fsp3) is 0.455. The Morgan fingerprint density at radius 1 is 1.29 bits per heavy atom. The molecule has 0 unspecified atom stereocenters. The van der Waals surface area contributed by atoms with Gasteiger partial charge in [0.2, 0.25) is 0 Å². The zero-order valence-electron chi connectivity index (χ0n) is 11.0. The third kappa shape index (κ3) is 4.35. The number of rotatable bonds is 6. The summed E-state index contributed by atoms with van der Waals surface area (Å²) in [5, 5.41) is 10.3. The second-order valence-corrected chi connectivity index (χ2v) is 4.14. The van der Waals surface area contributed by atoms with Gasteiger partial charge in [-0.15, -0.1) is 12.4 Å². The molecule has 118 valence electrons. The fourth-order valence-electron chi connectivity index (χ4n) is 1.70. The van der Waals surface area contributed by atoms with Crippen LogP contribution in [-0.2, 0) is 13.1 Å². The van der Waals surface area contributed by atoms with Gasteiger partial charge in [-0.2, -0.15) is 19.0 Å². The lowest BCUT2D eigenvalue weighted by Gasteiger charge is -2.05. The average molecular weight is 328 g/mol. The zero-order valence-corrected chi connectivity index (χ0v) is 11.8. The maximum atomic E-state index is 12.3. The van der Waals surface area contributed by atoms with Crippen LogP contribution < -0.4 is 5.32 Å². The first kappa shape index (κ1) is 17.3. The minimum absolute atomic E-state index is 0. The first-order chi connectivity index (χ1) is 9.47. The highest BCUT2D eigenvalue weighted by atomic mass is 35.5. The van der Waals surface area contributed by atoms with Gasteiger partial charge in [-0.05, 0) is 6.92 Å². The number of hydrogen-bond donors (Lipinski definition) is 1. The van der Waals surface area contributed by atoms with Gasteiger partial charge in [0, 0.05) is 30.1 Å². The Balaban J connectivity index is 0.00000220. The number of aromatic nitrogens is 4. The maximum absolute atomic E-state index is 12.3. The molecule has 2 aromatic heterocycles. The van der Waals surface area contributed by atoms with E-state index in [2.05, 4.69) is 15.5 Å². The van der Waals surface area contributed by atoms with Crippen molar-refractivity contribution in [1.29, 1.82) is 0 Å². The molecule has 2 heterocycles. The van der Waals surface area contributed by atoms with Crippen molar-refractivity contribution in [3.8, 4) is 0 Å². The number of nitrogens with zero attached hydrogens (tertiary/aromatic N) is 4. The summed E-state index contributed by atoms with van der Waals surface area (Å²) < 4.78 is 50.9. The first-order valence-electron chi connectivity index (χ1n) is 5.84. The van der Waals surface area contributed by atoms with E-state index in [1.165, 1.54) is 16.9 Å². The fourth-order valence-corrected chi connectivity index (χ4v) is 1.70. The summed E-state index contributed by atoms with van der Waals surface area (Å²) in [6.45, 7) is -1.22. The molecule has 0 fully saturated rings. The molecule has 0 saturated carbocycles. The number of alkyl halides is 4. The number of halogens is 5. The smallest absolute Gasteiger partial charge is 0.333 e. The second-order valence-electron chi connectivity index (χ2n) is 4.14. The lowest BCUT2D eigenvalue weighted by molar-refractivity contribution is 0.0569. The molecule has 0 bridgehead atoms. The predicted molar refractivity (Wildman–Crippen MR) is 71.0 cm³/mol. The van der Waals surface area contributed by atoms with Crippen molar-refractivity contribution in [1.82, 2.24) is 19.6 Å². The van der Waals surface area contributed by atoms with E-state index in [0.29, 0.717) is 15.9 Å². The van der Waals surface area contributed by atoms with E-state index in [1.54, 1.807) is 6.92 Å². The van der Waals surface area contributed by atoms with Crippen LogP contribution in [0.2, 0.25) is 0 Å². The van der Waals surface area contributed by atoms with Crippen LogP contribution in [0, 0.1) is 6.92 Å². The summed E-state index contributed by atoms with van der Waals surface area (Å²) in [5.74, 6) is 0.284. The SMILES string of the molecule is Cc1c(CNc2ccn(C(F)F)n2)cnn1CC(F)F.Cl. The molecule has 0 saturated heterocycles. The average Bonchev–Trinajstić information content (AvgIpc) is 2.96. The third-order valence-electron chi connectivity index (χ3n) is 2.78. The van der Waals surface area contributed by atoms with Crippen LogP contribution in [0.15, 0.2) is 18.5 Å². The van der Waals surface area contributed by atoms with Crippen LogP contribution in [0.4, 0.5) is 23.4 Å². The van der Waals surface area contributed by atoms with Gasteiger partial charge in [0.15, 0.2) is 0 Å². The quantitative estimate of drug-likeness (QED) is 0.829. The van der Waals surface area contributed by atoms with Gasteiger partial charge in [0.05, 0.1) is 6.20 Å². The standard InChI is InChI=1S/C11H13F4N5.ClH/c1-7-8(5-17-20(7)6-9(12)13)4-16-10-2-3-19(18-10)11(14)15;/h2-3,5,9,11H,4,6H2,1H3,(H,16,18);1H. The van der Waals surface area contributed by atoms with Crippen LogP contribution >= 0.6 is 12.4 Å². The number of hydrogen-bond acceptors (Lipinski definition) is 3. The lowest BCUT2D eigenvalue weighted by Crippen LogP contribution is -2.10. The van der Waals surface area contributed by atoms with Gasteiger partial charge in [-0.1, -0.05) is 0 Å². The highest BCUT2D eigenvalue weighted by Gasteiger charge is 2.12. The molecule has 0 atom stereocenters. The lowest BCUT2D eigenvalue weighted by atomic mass is 10.2. The van der Waals surface area contributed by atoms with Crippen molar-refractivity contribution in [3.63, 3.8) is 0 Å². The second kappa shape index (κ2) is 7.30. The molecule has 0 spiro atoms. The highest BCUT2D eigenvalue weighted by molar-refractivity contribution is 5.85. The normalized spacial score (nSPS) is 11.0. The summed E-state index contributed by atoms with van der Waals surface area (Å²) in [6, 6.07) is 1.41. The van der Waals surface area contributed by atoms with Gasteiger partial charge in [0.1, 0.15) is 12.4 Å². The molecule has 0 amide bonds. The molecular weight excluding hydrogens is 314 g/mol. The monoisotopic (exact) mass is 327 g/mol. The van der Waals surface area contributed by atoms with Crippen LogP contribution in [0.5, 0.6) is 0 Å². The summed E-state index contributed by atoms with van der Waals surface area (Å²) in [6.07, 6.45) is 0.144. The minimum atomic E-state index is -2.69. The summed E-state index contributed by atoms with van der Waals surface area (Å²) in [5.41, 5.74) is 1.31. The van der Waals surface area contributed by atoms with Crippen molar-refractivity contribution in [2.24, 2.45) is 0 Å². The Bertz CT molecular complexity index is 569. The Hall–Kier alpha value is -1.77. The molecule has 1 N–H and O–H groups in total. The van der Waals surface area contributed by atoms with E-state index < -0.39 is 19.5 Å². The van der Waals surface area contributed by atoms with E-state index in [4.69, 9.17) is 0 Å². The zero-order chi connectivity index (χ0) is 14.7. The molecule has 2 rings (SSSR count). The van der Waals surface area contributed by atoms with Crippen LogP contribution in [0.3, 0.4) is 0 Å². The Kier molecular flexibility index (Phi) is 6.01. The summed E-state index contributed by atoms with van der Waals surface area (Å²) in [7, 11) is 0. The molecule has 2 aromatic rings. The molecule has 21 heavy (non-hydrogen) atoms. The van der Waals surface area contributed by atoms with E-state index in [9.17, 15) is 17.6 Å². The van der Waals surface area contributed by atoms with Crippen molar-refractivity contribution in [2.75, 3.05) is 5.32 Å². The van der Waals surface area contributed by atoms with Gasteiger partial charge < -0.3 is 5.32 Å². The summed E-state index contributed by atoms with van der Waals surface area (Å²) in [4.78, 5) is 0. The number of nitrogens with one attached hydrogen (secondary N) is 1. The van der Waals surface area contributed by atoms with Crippen LogP contribution in [0.1, 0.15) is 17.8 Å². The molecule has 10 heteroatoms. The molecule has 0 radical (unpaired) electrons. The largest absolute Gasteiger partial charge is 0.364 e. The first-order valence-corrected chi connectivity index (χ1v) is 5.84. The van der Waals surface area contributed by atoms with Gasteiger partial charge in [-0.25, -0.2) is 13.5 Å². The van der Waals surface area contributed by atoms with E-state index in [0.717, 1.165) is 6.20 Å². The Morgan fingerprint density at radius 3 is 2.57 bits per heavy atom. The van der Waals surface area contributed by atoms with Crippen LogP contribution in [0.25, 0.3) is 0 Å².